The number of carbonyl (C=O) groups excluding carboxylic acids is 1. The number of para-hydroxylation sites is 1. The van der Waals surface area contributed by atoms with E-state index in [1.165, 1.54) is 0 Å². The van der Waals surface area contributed by atoms with E-state index in [4.69, 9.17) is 0 Å². The molecule has 0 spiro atoms. The van der Waals surface area contributed by atoms with Crippen LogP contribution in [0.1, 0.15) is 36.0 Å². The first-order valence-electron chi connectivity index (χ1n) is 9.34. The minimum absolute atomic E-state index is 0.0647. The molecular formula is C21H21F2N3O2. The van der Waals surface area contributed by atoms with Crippen LogP contribution in [-0.2, 0) is 7.05 Å². The maximum atomic E-state index is 14.8. The molecule has 1 aliphatic rings. The molecule has 0 radical (unpaired) electrons. The van der Waals surface area contributed by atoms with Gasteiger partial charge in [0.1, 0.15) is 17.3 Å². The quantitative estimate of drug-likeness (QED) is 0.725. The van der Waals surface area contributed by atoms with Gasteiger partial charge in [0.2, 0.25) is 0 Å². The monoisotopic (exact) mass is 385 g/mol. The van der Waals surface area contributed by atoms with Crippen LogP contribution in [0.2, 0.25) is 0 Å². The van der Waals surface area contributed by atoms with E-state index >= 15 is 0 Å². The molecule has 0 aliphatic heterocycles. The zero-order chi connectivity index (χ0) is 19.8. The lowest BCUT2D eigenvalue weighted by molar-refractivity contribution is 0.0867. The maximum Gasteiger partial charge on any atom is 0.251 e. The summed E-state index contributed by atoms with van der Waals surface area (Å²) >= 11 is 0. The second-order valence-electron chi connectivity index (χ2n) is 7.28. The van der Waals surface area contributed by atoms with Crippen LogP contribution in [0, 0.1) is 11.6 Å². The molecule has 1 saturated carbocycles. The molecule has 1 amide bonds. The van der Waals surface area contributed by atoms with Crippen LogP contribution in [0.5, 0.6) is 0 Å². The van der Waals surface area contributed by atoms with Crippen LogP contribution in [-0.4, -0.2) is 32.9 Å². The summed E-state index contributed by atoms with van der Waals surface area (Å²) in [4.78, 5) is 12.4. The summed E-state index contributed by atoms with van der Waals surface area (Å²) in [6, 6.07) is 9.20. The van der Waals surface area contributed by atoms with Crippen molar-refractivity contribution >= 4 is 16.8 Å². The highest BCUT2D eigenvalue weighted by Crippen LogP contribution is 2.32. The van der Waals surface area contributed by atoms with Crippen molar-refractivity contribution in [3.63, 3.8) is 0 Å². The van der Waals surface area contributed by atoms with Crippen molar-refractivity contribution in [3.05, 3.63) is 53.6 Å². The minimum atomic E-state index is -0.826. The van der Waals surface area contributed by atoms with Gasteiger partial charge in [0.25, 0.3) is 5.91 Å². The average Bonchev–Trinajstić information content (AvgIpc) is 3.00. The number of amides is 1. The van der Waals surface area contributed by atoms with E-state index in [0.29, 0.717) is 31.1 Å². The highest BCUT2D eigenvalue weighted by Gasteiger charge is 2.24. The minimum Gasteiger partial charge on any atom is -0.393 e. The Bertz CT molecular complexity index is 1020. The van der Waals surface area contributed by atoms with Gasteiger partial charge in [0, 0.05) is 24.0 Å². The number of aromatic nitrogens is 2. The number of carbonyl (C=O) groups is 1. The Balaban J connectivity index is 1.64. The Morgan fingerprint density at radius 2 is 1.79 bits per heavy atom. The van der Waals surface area contributed by atoms with Crippen LogP contribution in [0.15, 0.2) is 36.4 Å². The number of hydrogen-bond donors (Lipinski definition) is 2. The number of aliphatic hydroxyl groups is 1. The number of hydrogen-bond acceptors (Lipinski definition) is 3. The van der Waals surface area contributed by atoms with Crippen molar-refractivity contribution in [2.45, 2.75) is 37.8 Å². The van der Waals surface area contributed by atoms with Crippen molar-refractivity contribution in [2.24, 2.45) is 7.05 Å². The molecule has 0 saturated heterocycles. The van der Waals surface area contributed by atoms with Gasteiger partial charge >= 0.3 is 0 Å². The van der Waals surface area contributed by atoms with E-state index in [1.54, 1.807) is 23.9 Å². The van der Waals surface area contributed by atoms with Crippen molar-refractivity contribution < 1.29 is 18.7 Å². The molecule has 3 aromatic rings. The van der Waals surface area contributed by atoms with Gasteiger partial charge in [-0.15, -0.1) is 0 Å². The first-order chi connectivity index (χ1) is 13.4. The molecule has 0 atom stereocenters. The van der Waals surface area contributed by atoms with Gasteiger partial charge in [-0.25, -0.2) is 8.78 Å². The van der Waals surface area contributed by atoms with Crippen molar-refractivity contribution in [3.8, 4) is 11.3 Å². The lowest BCUT2D eigenvalue weighted by atomic mass is 9.93. The fourth-order valence-corrected chi connectivity index (χ4v) is 3.82. The van der Waals surface area contributed by atoms with Gasteiger partial charge in [0.15, 0.2) is 0 Å². The van der Waals surface area contributed by atoms with Crippen LogP contribution >= 0.6 is 0 Å². The average molecular weight is 385 g/mol. The van der Waals surface area contributed by atoms with Crippen LogP contribution < -0.4 is 5.32 Å². The van der Waals surface area contributed by atoms with Gasteiger partial charge in [0.05, 0.1) is 17.2 Å². The molecule has 0 unspecified atom stereocenters. The Morgan fingerprint density at radius 1 is 1.14 bits per heavy atom. The van der Waals surface area contributed by atoms with E-state index in [9.17, 15) is 18.7 Å². The van der Waals surface area contributed by atoms with E-state index in [1.807, 2.05) is 12.1 Å². The number of nitrogens with zero attached hydrogens (tertiary/aromatic N) is 2. The van der Waals surface area contributed by atoms with Gasteiger partial charge in [-0.05, 0) is 43.9 Å². The van der Waals surface area contributed by atoms with Crippen LogP contribution in [0.4, 0.5) is 8.78 Å². The standard InChI is InChI=1S/C21H21F2N3O2/c1-26-18-5-3-2-4-15(18)20(25-26)19-16(22)10-12(11-17(19)23)21(28)24-13-6-8-14(27)9-7-13/h2-5,10-11,13-14,27H,6-9H2,1H3,(H,24,28). The maximum absolute atomic E-state index is 14.8. The summed E-state index contributed by atoms with van der Waals surface area (Å²) in [5.74, 6) is -2.17. The third-order valence-corrected chi connectivity index (χ3v) is 5.33. The van der Waals surface area contributed by atoms with E-state index < -0.39 is 17.5 Å². The Morgan fingerprint density at radius 3 is 2.46 bits per heavy atom. The molecular weight excluding hydrogens is 364 g/mol. The Hall–Kier alpha value is -2.80. The fourth-order valence-electron chi connectivity index (χ4n) is 3.82. The zero-order valence-electron chi connectivity index (χ0n) is 15.5. The smallest absolute Gasteiger partial charge is 0.251 e. The number of benzene rings is 2. The van der Waals surface area contributed by atoms with Crippen molar-refractivity contribution in [1.29, 1.82) is 0 Å². The van der Waals surface area contributed by atoms with Gasteiger partial charge in [-0.1, -0.05) is 18.2 Å². The summed E-state index contributed by atoms with van der Waals surface area (Å²) in [5, 5.41) is 17.3. The summed E-state index contributed by atoms with van der Waals surface area (Å²) in [5.41, 5.74) is 0.665. The molecule has 4 rings (SSSR count). The topological polar surface area (TPSA) is 67.2 Å². The van der Waals surface area contributed by atoms with E-state index in [2.05, 4.69) is 10.4 Å². The van der Waals surface area contributed by atoms with Gasteiger partial charge < -0.3 is 10.4 Å². The Kier molecular flexibility index (Phi) is 4.85. The SMILES string of the molecule is Cn1nc(-c2c(F)cc(C(=O)NC3CCC(O)CC3)cc2F)c2ccccc21. The molecule has 28 heavy (non-hydrogen) atoms. The van der Waals surface area contributed by atoms with E-state index in [0.717, 1.165) is 17.6 Å². The number of aliphatic hydroxyl groups excluding tert-OH is 1. The second kappa shape index (κ2) is 7.31. The molecule has 5 nitrogen and oxygen atoms in total. The lowest BCUT2D eigenvalue weighted by Crippen LogP contribution is -2.38. The molecule has 1 heterocycles. The second-order valence-corrected chi connectivity index (χ2v) is 7.28. The molecule has 1 fully saturated rings. The molecule has 0 bridgehead atoms. The third kappa shape index (κ3) is 3.38. The molecule has 7 heteroatoms. The molecule has 2 aromatic carbocycles. The number of halogens is 2. The predicted molar refractivity (Wildman–Crippen MR) is 102 cm³/mol. The molecule has 146 valence electrons. The normalized spacial score (nSPS) is 19.7. The third-order valence-electron chi connectivity index (χ3n) is 5.33. The number of nitrogens with one attached hydrogen (secondary N) is 1. The predicted octanol–water partition coefficient (Wildman–Crippen LogP) is 3.55. The summed E-state index contributed by atoms with van der Waals surface area (Å²) < 4.78 is 31.2. The number of rotatable bonds is 3. The summed E-state index contributed by atoms with van der Waals surface area (Å²) in [6.45, 7) is 0. The largest absolute Gasteiger partial charge is 0.393 e. The zero-order valence-corrected chi connectivity index (χ0v) is 15.5. The number of fused-ring (bicyclic) bond motifs is 1. The van der Waals surface area contributed by atoms with Crippen LogP contribution in [0.25, 0.3) is 22.2 Å². The highest BCUT2D eigenvalue weighted by atomic mass is 19.1. The van der Waals surface area contributed by atoms with Gasteiger partial charge in [-0.3, -0.25) is 9.48 Å². The van der Waals surface area contributed by atoms with E-state index in [-0.39, 0.29) is 29.0 Å². The first kappa shape index (κ1) is 18.6. The highest BCUT2D eigenvalue weighted by molar-refractivity contribution is 5.97. The lowest BCUT2D eigenvalue weighted by Gasteiger charge is -2.26. The molecule has 2 N–H and O–H groups in total. The molecule has 1 aromatic heterocycles. The van der Waals surface area contributed by atoms with Crippen LogP contribution in [0.3, 0.4) is 0 Å². The van der Waals surface area contributed by atoms with Gasteiger partial charge in [-0.2, -0.15) is 5.10 Å². The fraction of sp³-hybridized carbons (Fsp3) is 0.333. The summed E-state index contributed by atoms with van der Waals surface area (Å²) in [6.07, 6.45) is 2.18. The first-order valence-corrected chi connectivity index (χ1v) is 9.34. The van der Waals surface area contributed by atoms with Crippen molar-refractivity contribution in [2.75, 3.05) is 0 Å². The number of aryl methyl sites for hydroxylation is 1. The molecule has 1 aliphatic carbocycles. The Labute approximate surface area is 161 Å². The summed E-state index contributed by atoms with van der Waals surface area (Å²) in [7, 11) is 1.71. The van der Waals surface area contributed by atoms with Crippen molar-refractivity contribution in [1.82, 2.24) is 15.1 Å².